The van der Waals surface area contributed by atoms with Crippen molar-refractivity contribution in [2.75, 3.05) is 13.1 Å². The number of hydrogen-bond donors (Lipinski definition) is 1. The average molecular weight is 207 g/mol. The van der Waals surface area contributed by atoms with Crippen molar-refractivity contribution in [3.8, 4) is 0 Å². The number of aromatic amines is 1. The number of aromatic nitrogens is 2. The zero-order chi connectivity index (χ0) is 10.7. The molecule has 15 heavy (non-hydrogen) atoms. The van der Waals surface area contributed by atoms with Crippen molar-refractivity contribution in [1.82, 2.24) is 14.9 Å². The van der Waals surface area contributed by atoms with Crippen LogP contribution in [0.25, 0.3) is 0 Å². The minimum Gasteiger partial charge on any atom is -0.348 e. The Bertz CT molecular complexity index is 321. The number of H-pyrrole nitrogens is 1. The van der Waals surface area contributed by atoms with Gasteiger partial charge in [-0.3, -0.25) is 4.79 Å². The summed E-state index contributed by atoms with van der Waals surface area (Å²) in [6.07, 6.45) is 6.43. The van der Waals surface area contributed by atoms with Gasteiger partial charge in [-0.1, -0.05) is 6.92 Å². The Morgan fingerprint density at radius 1 is 1.73 bits per heavy atom. The lowest BCUT2D eigenvalue weighted by atomic mass is 9.97. The van der Waals surface area contributed by atoms with Crippen LogP contribution in [0.1, 0.15) is 37.9 Å². The molecule has 1 aromatic heterocycles. The molecule has 0 spiro atoms. The second kappa shape index (κ2) is 4.47. The fraction of sp³-hybridized carbons (Fsp3) is 0.636. The van der Waals surface area contributed by atoms with Crippen LogP contribution in [0.2, 0.25) is 0 Å². The summed E-state index contributed by atoms with van der Waals surface area (Å²) in [7, 11) is 0. The van der Waals surface area contributed by atoms with E-state index in [2.05, 4.69) is 9.97 Å². The van der Waals surface area contributed by atoms with Gasteiger partial charge in [0.25, 0.3) is 0 Å². The Balaban J connectivity index is 2.01. The fourth-order valence-electron chi connectivity index (χ4n) is 2.15. The number of likely N-dealkylation sites (tertiary alicyclic amines) is 1. The average Bonchev–Trinajstić information content (AvgIpc) is 2.82. The van der Waals surface area contributed by atoms with Gasteiger partial charge in [-0.15, -0.1) is 0 Å². The largest absolute Gasteiger partial charge is 0.348 e. The minimum absolute atomic E-state index is 0.256. The molecule has 0 aromatic carbocycles. The normalized spacial score (nSPS) is 21.7. The second-order valence-electron chi connectivity index (χ2n) is 4.01. The van der Waals surface area contributed by atoms with Gasteiger partial charge in [-0.25, -0.2) is 4.98 Å². The van der Waals surface area contributed by atoms with E-state index in [1.807, 2.05) is 18.0 Å². The predicted octanol–water partition coefficient (Wildman–Crippen LogP) is 1.53. The molecule has 82 valence electrons. The molecule has 1 N–H and O–H groups in total. The highest BCUT2D eigenvalue weighted by molar-refractivity contribution is 5.75. The van der Waals surface area contributed by atoms with Crippen LogP contribution in [0.4, 0.5) is 0 Å². The molecule has 1 atom stereocenters. The summed E-state index contributed by atoms with van der Waals surface area (Å²) in [5, 5.41) is 0. The Morgan fingerprint density at radius 3 is 3.27 bits per heavy atom. The molecule has 0 radical (unpaired) electrons. The first-order chi connectivity index (χ1) is 7.31. The molecule has 4 heteroatoms. The predicted molar refractivity (Wildman–Crippen MR) is 57.4 cm³/mol. The van der Waals surface area contributed by atoms with Gasteiger partial charge in [0.05, 0.1) is 0 Å². The van der Waals surface area contributed by atoms with Crippen LogP contribution in [0, 0.1) is 0 Å². The van der Waals surface area contributed by atoms with E-state index in [-0.39, 0.29) is 5.91 Å². The second-order valence-corrected chi connectivity index (χ2v) is 4.01. The van der Waals surface area contributed by atoms with E-state index in [0.29, 0.717) is 12.3 Å². The lowest BCUT2D eigenvalue weighted by Gasteiger charge is -2.31. The Morgan fingerprint density at radius 2 is 2.60 bits per heavy atom. The van der Waals surface area contributed by atoms with Gasteiger partial charge in [0, 0.05) is 37.8 Å². The first kappa shape index (κ1) is 10.2. The van der Waals surface area contributed by atoms with Gasteiger partial charge in [0.15, 0.2) is 0 Å². The number of carbonyl (C=O) groups is 1. The number of hydrogen-bond acceptors (Lipinski definition) is 2. The van der Waals surface area contributed by atoms with Gasteiger partial charge >= 0.3 is 0 Å². The van der Waals surface area contributed by atoms with Crippen molar-refractivity contribution >= 4 is 5.91 Å². The molecule has 1 unspecified atom stereocenters. The SMILES string of the molecule is CCC(=O)N1CCCC(c2ncc[nH]2)C1. The zero-order valence-electron chi connectivity index (χ0n) is 9.07. The molecule has 1 aliphatic rings. The van der Waals surface area contributed by atoms with Crippen molar-refractivity contribution in [3.05, 3.63) is 18.2 Å². The lowest BCUT2D eigenvalue weighted by molar-refractivity contribution is -0.132. The molecule has 4 nitrogen and oxygen atoms in total. The molecule has 2 heterocycles. The third-order valence-electron chi connectivity index (χ3n) is 2.98. The lowest BCUT2D eigenvalue weighted by Crippen LogP contribution is -2.38. The smallest absolute Gasteiger partial charge is 0.222 e. The summed E-state index contributed by atoms with van der Waals surface area (Å²) in [6.45, 7) is 3.64. The molecule has 0 saturated carbocycles. The maximum Gasteiger partial charge on any atom is 0.222 e. The van der Waals surface area contributed by atoms with Crippen LogP contribution in [-0.2, 0) is 4.79 Å². The summed E-state index contributed by atoms with van der Waals surface area (Å²) >= 11 is 0. The van der Waals surface area contributed by atoms with Gasteiger partial charge in [-0.2, -0.15) is 0 Å². The van der Waals surface area contributed by atoms with E-state index in [0.717, 1.165) is 31.8 Å². The first-order valence-electron chi connectivity index (χ1n) is 5.58. The molecule has 2 rings (SSSR count). The molecule has 1 aliphatic heterocycles. The van der Waals surface area contributed by atoms with E-state index < -0.39 is 0 Å². The Hall–Kier alpha value is -1.32. The van der Waals surface area contributed by atoms with E-state index in [1.54, 1.807) is 6.20 Å². The molecule has 1 fully saturated rings. The summed E-state index contributed by atoms with van der Waals surface area (Å²) in [4.78, 5) is 20.9. The van der Waals surface area contributed by atoms with Gasteiger partial charge in [-0.05, 0) is 12.8 Å². The first-order valence-corrected chi connectivity index (χ1v) is 5.58. The Kier molecular flexibility index (Phi) is 3.04. The molecular formula is C11H17N3O. The molecule has 1 saturated heterocycles. The van der Waals surface area contributed by atoms with Crippen molar-refractivity contribution in [2.24, 2.45) is 0 Å². The molecular weight excluding hydrogens is 190 g/mol. The van der Waals surface area contributed by atoms with E-state index in [1.165, 1.54) is 0 Å². The summed E-state index contributed by atoms with van der Waals surface area (Å²) in [6, 6.07) is 0. The number of imidazole rings is 1. The molecule has 1 amide bonds. The van der Waals surface area contributed by atoms with Gasteiger partial charge in [0.1, 0.15) is 5.82 Å². The van der Waals surface area contributed by atoms with Gasteiger partial charge in [0.2, 0.25) is 5.91 Å². The third kappa shape index (κ3) is 2.19. The van der Waals surface area contributed by atoms with Crippen LogP contribution >= 0.6 is 0 Å². The van der Waals surface area contributed by atoms with Crippen molar-refractivity contribution in [2.45, 2.75) is 32.1 Å². The molecule has 0 aliphatic carbocycles. The highest BCUT2D eigenvalue weighted by atomic mass is 16.2. The van der Waals surface area contributed by atoms with Crippen LogP contribution < -0.4 is 0 Å². The van der Waals surface area contributed by atoms with Crippen molar-refractivity contribution in [1.29, 1.82) is 0 Å². The third-order valence-corrected chi connectivity index (χ3v) is 2.98. The van der Waals surface area contributed by atoms with Crippen molar-refractivity contribution < 1.29 is 4.79 Å². The topological polar surface area (TPSA) is 49.0 Å². The number of nitrogens with one attached hydrogen (secondary N) is 1. The highest BCUT2D eigenvalue weighted by Gasteiger charge is 2.24. The summed E-state index contributed by atoms with van der Waals surface area (Å²) in [5.74, 6) is 1.67. The number of carbonyl (C=O) groups excluding carboxylic acids is 1. The fourth-order valence-corrected chi connectivity index (χ4v) is 2.15. The van der Waals surface area contributed by atoms with E-state index in [9.17, 15) is 4.79 Å². The highest BCUT2D eigenvalue weighted by Crippen LogP contribution is 2.24. The molecule has 1 aromatic rings. The molecule has 0 bridgehead atoms. The number of piperidine rings is 1. The standard InChI is InChI=1S/C11H17N3O/c1-2-10(15)14-7-3-4-9(8-14)11-12-5-6-13-11/h5-6,9H,2-4,7-8H2,1H3,(H,12,13). The Labute approximate surface area is 89.7 Å². The number of amides is 1. The van der Waals surface area contributed by atoms with E-state index >= 15 is 0 Å². The minimum atomic E-state index is 0.256. The maximum absolute atomic E-state index is 11.6. The van der Waals surface area contributed by atoms with Crippen molar-refractivity contribution in [3.63, 3.8) is 0 Å². The van der Waals surface area contributed by atoms with Crippen LogP contribution in [0.15, 0.2) is 12.4 Å². The number of rotatable bonds is 2. The van der Waals surface area contributed by atoms with Crippen LogP contribution in [0.5, 0.6) is 0 Å². The van der Waals surface area contributed by atoms with E-state index in [4.69, 9.17) is 0 Å². The van der Waals surface area contributed by atoms with Gasteiger partial charge < -0.3 is 9.88 Å². The quantitative estimate of drug-likeness (QED) is 0.799. The monoisotopic (exact) mass is 207 g/mol. The van der Waals surface area contributed by atoms with Crippen LogP contribution in [-0.4, -0.2) is 33.9 Å². The van der Waals surface area contributed by atoms with Crippen LogP contribution in [0.3, 0.4) is 0 Å². The summed E-state index contributed by atoms with van der Waals surface area (Å²) < 4.78 is 0. The summed E-state index contributed by atoms with van der Waals surface area (Å²) in [5.41, 5.74) is 0. The zero-order valence-corrected chi connectivity index (χ0v) is 9.07. The number of nitrogens with zero attached hydrogens (tertiary/aromatic N) is 2. The maximum atomic E-state index is 11.6.